The van der Waals surface area contributed by atoms with Crippen LogP contribution in [0.2, 0.25) is 0 Å². The van der Waals surface area contributed by atoms with Crippen LogP contribution in [0.4, 0.5) is 0 Å². The van der Waals surface area contributed by atoms with Gasteiger partial charge in [-0.05, 0) is 12.8 Å². The van der Waals surface area contributed by atoms with E-state index >= 15 is 0 Å². The van der Waals surface area contributed by atoms with Gasteiger partial charge in [0.25, 0.3) is 0 Å². The average Bonchev–Trinajstić information content (AvgIpc) is 2.02. The van der Waals surface area contributed by atoms with Gasteiger partial charge in [-0.3, -0.25) is 4.79 Å². The zero-order valence-corrected chi connectivity index (χ0v) is 9.90. The fourth-order valence-corrected chi connectivity index (χ4v) is 1.90. The van der Waals surface area contributed by atoms with Crippen molar-refractivity contribution in [3.8, 4) is 0 Å². The summed E-state index contributed by atoms with van der Waals surface area (Å²) in [5.41, 5.74) is 0. The molecule has 0 aliphatic heterocycles. The second kappa shape index (κ2) is 6.98. The van der Waals surface area contributed by atoms with Crippen LogP contribution in [0.25, 0.3) is 0 Å². The molecule has 0 aliphatic rings. The highest BCUT2D eigenvalue weighted by Crippen LogP contribution is 2.04. The summed E-state index contributed by atoms with van der Waals surface area (Å²) < 4.78 is 21.5. The van der Waals surface area contributed by atoms with Crippen LogP contribution in [0.1, 0.15) is 45.4 Å². The molecule has 0 aliphatic carbocycles. The lowest BCUT2D eigenvalue weighted by Gasteiger charge is -1.99. The van der Waals surface area contributed by atoms with Crippen molar-refractivity contribution in [1.29, 1.82) is 0 Å². The third kappa shape index (κ3) is 9.71. The molecule has 0 spiro atoms. The normalized spacial score (nSPS) is 11.6. The predicted molar refractivity (Wildman–Crippen MR) is 58.1 cm³/mol. The van der Waals surface area contributed by atoms with Crippen molar-refractivity contribution in [3.05, 3.63) is 0 Å². The Bertz CT molecular complexity index is 255. The third-order valence-electron chi connectivity index (χ3n) is 2.03. The molecule has 0 saturated carbocycles. The summed E-state index contributed by atoms with van der Waals surface area (Å²) >= 11 is 0. The number of sulfone groups is 1. The number of carbonyl (C=O) groups is 1. The van der Waals surface area contributed by atoms with Crippen LogP contribution in [0.5, 0.6) is 0 Å². The van der Waals surface area contributed by atoms with Crippen LogP contribution in [-0.2, 0) is 14.6 Å². The van der Waals surface area contributed by atoms with Crippen molar-refractivity contribution in [2.24, 2.45) is 0 Å². The van der Waals surface area contributed by atoms with Crippen molar-refractivity contribution >= 4 is 15.6 Å². The number of Topliss-reactive ketones (excluding diaryl/α,β-unsaturated/α-hetero) is 1. The van der Waals surface area contributed by atoms with Crippen LogP contribution in [0.3, 0.4) is 0 Å². The summed E-state index contributed by atoms with van der Waals surface area (Å²) in [5, 5.41) is 0. The van der Waals surface area contributed by atoms with Gasteiger partial charge in [-0.15, -0.1) is 0 Å². The molecule has 0 bridgehead atoms. The fourth-order valence-electron chi connectivity index (χ4n) is 1.23. The number of ketones is 1. The molecule has 0 aromatic rings. The summed E-state index contributed by atoms with van der Waals surface area (Å²) in [6, 6.07) is 0. The maximum atomic E-state index is 11.2. The standard InChI is InChI=1S/C10H20O3S/c1-3-4-5-7-10(11)8-6-9-14(2,12)13/h3-9H2,1-2H3. The molecular weight excluding hydrogens is 200 g/mol. The smallest absolute Gasteiger partial charge is 0.147 e. The molecule has 0 N–H and O–H groups in total. The molecule has 0 unspecified atom stereocenters. The number of hydrogen-bond acceptors (Lipinski definition) is 3. The third-order valence-corrected chi connectivity index (χ3v) is 3.06. The summed E-state index contributed by atoms with van der Waals surface area (Å²) in [6.07, 6.45) is 5.83. The van der Waals surface area contributed by atoms with Gasteiger partial charge in [-0.1, -0.05) is 19.8 Å². The van der Waals surface area contributed by atoms with Crippen LogP contribution >= 0.6 is 0 Å². The van der Waals surface area contributed by atoms with Crippen molar-refractivity contribution < 1.29 is 13.2 Å². The molecule has 0 heterocycles. The summed E-state index contributed by atoms with van der Waals surface area (Å²) in [6.45, 7) is 2.09. The van der Waals surface area contributed by atoms with Crippen LogP contribution in [0.15, 0.2) is 0 Å². The number of carbonyl (C=O) groups excluding carboxylic acids is 1. The van der Waals surface area contributed by atoms with E-state index in [4.69, 9.17) is 0 Å². The lowest BCUT2D eigenvalue weighted by molar-refractivity contribution is -0.119. The van der Waals surface area contributed by atoms with Gasteiger partial charge in [-0.25, -0.2) is 8.42 Å². The Kier molecular flexibility index (Phi) is 6.79. The van der Waals surface area contributed by atoms with Gasteiger partial charge in [-0.2, -0.15) is 0 Å². The minimum absolute atomic E-state index is 0.131. The quantitative estimate of drug-likeness (QED) is 0.588. The maximum absolute atomic E-state index is 11.2. The monoisotopic (exact) mass is 220 g/mol. The summed E-state index contributed by atoms with van der Waals surface area (Å²) in [4.78, 5) is 11.2. The van der Waals surface area contributed by atoms with E-state index in [0.29, 0.717) is 19.3 Å². The maximum Gasteiger partial charge on any atom is 0.147 e. The fraction of sp³-hybridized carbons (Fsp3) is 0.900. The largest absolute Gasteiger partial charge is 0.300 e. The summed E-state index contributed by atoms with van der Waals surface area (Å²) in [5.74, 6) is 0.328. The van der Waals surface area contributed by atoms with Crippen LogP contribution in [0, 0.1) is 0 Å². The number of hydrogen-bond donors (Lipinski definition) is 0. The molecule has 0 amide bonds. The molecule has 0 fully saturated rings. The lowest BCUT2D eigenvalue weighted by Crippen LogP contribution is -2.06. The van der Waals surface area contributed by atoms with Crippen molar-refractivity contribution in [2.75, 3.05) is 12.0 Å². The Morgan fingerprint density at radius 2 is 1.64 bits per heavy atom. The Morgan fingerprint density at radius 3 is 2.14 bits per heavy atom. The van der Waals surface area contributed by atoms with E-state index in [-0.39, 0.29) is 11.5 Å². The Balaban J connectivity index is 3.45. The van der Waals surface area contributed by atoms with E-state index in [0.717, 1.165) is 19.3 Å². The van der Waals surface area contributed by atoms with Gasteiger partial charge in [0.15, 0.2) is 0 Å². The van der Waals surface area contributed by atoms with Gasteiger partial charge >= 0.3 is 0 Å². The topological polar surface area (TPSA) is 51.2 Å². The van der Waals surface area contributed by atoms with Gasteiger partial charge in [0, 0.05) is 19.1 Å². The van der Waals surface area contributed by atoms with E-state index in [1.165, 1.54) is 6.26 Å². The second-order valence-corrected chi connectivity index (χ2v) is 5.99. The van der Waals surface area contributed by atoms with Crippen molar-refractivity contribution in [1.82, 2.24) is 0 Å². The highest BCUT2D eigenvalue weighted by atomic mass is 32.2. The molecule has 0 aromatic carbocycles. The first-order valence-electron chi connectivity index (χ1n) is 5.15. The summed E-state index contributed by atoms with van der Waals surface area (Å²) in [7, 11) is -2.90. The van der Waals surface area contributed by atoms with Gasteiger partial charge in [0.1, 0.15) is 15.6 Å². The molecule has 4 heteroatoms. The van der Waals surface area contributed by atoms with Gasteiger partial charge in [0.05, 0.1) is 5.75 Å². The second-order valence-electron chi connectivity index (χ2n) is 3.73. The highest BCUT2D eigenvalue weighted by molar-refractivity contribution is 7.90. The van der Waals surface area contributed by atoms with Crippen molar-refractivity contribution in [2.45, 2.75) is 45.4 Å². The molecule has 3 nitrogen and oxygen atoms in total. The Labute approximate surface area is 86.8 Å². The highest BCUT2D eigenvalue weighted by Gasteiger charge is 2.05. The van der Waals surface area contributed by atoms with E-state index in [1.54, 1.807) is 0 Å². The Morgan fingerprint density at radius 1 is 1.07 bits per heavy atom. The van der Waals surface area contributed by atoms with E-state index in [1.807, 2.05) is 0 Å². The SMILES string of the molecule is CCCCCC(=O)CCCS(C)(=O)=O. The molecular formula is C10H20O3S. The minimum Gasteiger partial charge on any atom is -0.300 e. The zero-order valence-electron chi connectivity index (χ0n) is 9.08. The van der Waals surface area contributed by atoms with Gasteiger partial charge in [0.2, 0.25) is 0 Å². The van der Waals surface area contributed by atoms with Crippen molar-refractivity contribution in [3.63, 3.8) is 0 Å². The average molecular weight is 220 g/mol. The predicted octanol–water partition coefficient (Wildman–Crippen LogP) is 1.96. The molecule has 0 radical (unpaired) electrons. The first kappa shape index (κ1) is 13.6. The molecule has 0 atom stereocenters. The lowest BCUT2D eigenvalue weighted by atomic mass is 10.1. The molecule has 84 valence electrons. The number of unbranched alkanes of at least 4 members (excludes halogenated alkanes) is 2. The first-order chi connectivity index (χ1) is 6.45. The molecule has 0 aromatic heterocycles. The molecule has 0 rings (SSSR count). The minimum atomic E-state index is -2.90. The molecule has 14 heavy (non-hydrogen) atoms. The van der Waals surface area contributed by atoms with Crippen LogP contribution < -0.4 is 0 Å². The van der Waals surface area contributed by atoms with E-state index in [9.17, 15) is 13.2 Å². The van der Waals surface area contributed by atoms with Crippen LogP contribution in [-0.4, -0.2) is 26.2 Å². The molecule has 0 saturated heterocycles. The first-order valence-corrected chi connectivity index (χ1v) is 7.21. The zero-order chi connectivity index (χ0) is 11.0. The van der Waals surface area contributed by atoms with E-state index in [2.05, 4.69) is 6.92 Å². The van der Waals surface area contributed by atoms with Gasteiger partial charge < -0.3 is 0 Å². The number of rotatable bonds is 8. The Hall–Kier alpha value is -0.380. The van der Waals surface area contributed by atoms with E-state index < -0.39 is 9.84 Å².